The summed E-state index contributed by atoms with van der Waals surface area (Å²) >= 11 is 6.02. The molecule has 1 aliphatic rings. The van der Waals surface area contributed by atoms with E-state index in [-0.39, 0.29) is 29.5 Å². The molecule has 1 saturated carbocycles. The van der Waals surface area contributed by atoms with Gasteiger partial charge in [0.1, 0.15) is 0 Å². The minimum Gasteiger partial charge on any atom is -0.267 e. The van der Waals surface area contributed by atoms with Gasteiger partial charge in [0, 0.05) is 29.7 Å². The van der Waals surface area contributed by atoms with Crippen LogP contribution >= 0.6 is 11.6 Å². The van der Waals surface area contributed by atoms with Crippen LogP contribution in [0.1, 0.15) is 48.4 Å². The molecule has 2 aromatic heterocycles. The van der Waals surface area contributed by atoms with E-state index in [9.17, 15) is 13.6 Å². The SMILES string of the molecule is Cc1nc2c(C3CCC(F)(F)CC3)cc(Cl)nn2c(=O)c1C. The van der Waals surface area contributed by atoms with Gasteiger partial charge < -0.3 is 0 Å². The van der Waals surface area contributed by atoms with Crippen LogP contribution in [-0.2, 0) is 0 Å². The topological polar surface area (TPSA) is 47.3 Å². The summed E-state index contributed by atoms with van der Waals surface area (Å²) in [5.74, 6) is -2.68. The second kappa shape index (κ2) is 5.26. The van der Waals surface area contributed by atoms with E-state index in [1.807, 2.05) is 0 Å². The van der Waals surface area contributed by atoms with E-state index in [0.717, 1.165) is 5.56 Å². The number of hydrogen-bond acceptors (Lipinski definition) is 3. The summed E-state index contributed by atoms with van der Waals surface area (Å²) in [6.07, 6.45) is 0.398. The van der Waals surface area contributed by atoms with Gasteiger partial charge in [-0.15, -0.1) is 0 Å². The van der Waals surface area contributed by atoms with E-state index in [2.05, 4.69) is 10.1 Å². The minimum absolute atomic E-state index is 0.0795. The lowest BCUT2D eigenvalue weighted by Crippen LogP contribution is -2.26. The van der Waals surface area contributed by atoms with Crippen molar-refractivity contribution >= 4 is 17.2 Å². The van der Waals surface area contributed by atoms with Gasteiger partial charge in [-0.25, -0.2) is 13.8 Å². The molecule has 22 heavy (non-hydrogen) atoms. The third-order valence-corrected chi connectivity index (χ3v) is 4.60. The molecule has 0 radical (unpaired) electrons. The number of alkyl halides is 2. The molecule has 0 atom stereocenters. The third-order valence-electron chi connectivity index (χ3n) is 4.42. The van der Waals surface area contributed by atoms with Crippen molar-refractivity contribution in [2.45, 2.75) is 51.4 Å². The van der Waals surface area contributed by atoms with Gasteiger partial charge in [0.2, 0.25) is 5.92 Å². The summed E-state index contributed by atoms with van der Waals surface area (Å²) in [6.45, 7) is 3.44. The van der Waals surface area contributed by atoms with Gasteiger partial charge in [0.25, 0.3) is 5.56 Å². The average molecular weight is 328 g/mol. The molecule has 7 heteroatoms. The highest BCUT2D eigenvalue weighted by atomic mass is 35.5. The van der Waals surface area contributed by atoms with Gasteiger partial charge in [0.05, 0.1) is 0 Å². The van der Waals surface area contributed by atoms with Crippen molar-refractivity contribution in [1.29, 1.82) is 0 Å². The molecule has 2 aromatic rings. The molecule has 4 nitrogen and oxygen atoms in total. The van der Waals surface area contributed by atoms with E-state index in [1.54, 1.807) is 19.9 Å². The maximum absolute atomic E-state index is 13.4. The summed E-state index contributed by atoms with van der Waals surface area (Å²) in [5, 5.41) is 4.19. The first kappa shape index (κ1) is 15.3. The first-order valence-electron chi connectivity index (χ1n) is 7.23. The first-order valence-corrected chi connectivity index (χ1v) is 7.61. The number of fused-ring (bicyclic) bond motifs is 1. The second-order valence-electron chi connectivity index (χ2n) is 5.92. The Balaban J connectivity index is 2.16. The summed E-state index contributed by atoms with van der Waals surface area (Å²) in [7, 11) is 0. The Kier molecular flexibility index (Phi) is 3.67. The van der Waals surface area contributed by atoms with E-state index in [4.69, 9.17) is 11.6 Å². The molecule has 0 unspecified atom stereocenters. The maximum atomic E-state index is 13.4. The molecule has 0 aromatic carbocycles. The lowest BCUT2D eigenvalue weighted by Gasteiger charge is -2.28. The first-order chi connectivity index (χ1) is 10.3. The van der Waals surface area contributed by atoms with Crippen molar-refractivity contribution in [3.8, 4) is 0 Å². The predicted octanol–water partition coefficient (Wildman–Crippen LogP) is 3.65. The Bertz CT molecular complexity index is 793. The molecule has 0 N–H and O–H groups in total. The smallest absolute Gasteiger partial charge is 0.267 e. The fourth-order valence-electron chi connectivity index (χ4n) is 2.95. The van der Waals surface area contributed by atoms with Gasteiger partial charge in [0.15, 0.2) is 10.8 Å². The highest BCUT2D eigenvalue weighted by Crippen LogP contribution is 2.41. The Morgan fingerprint density at radius 1 is 1.32 bits per heavy atom. The van der Waals surface area contributed by atoms with Gasteiger partial charge in [-0.05, 0) is 38.7 Å². The number of rotatable bonds is 1. The van der Waals surface area contributed by atoms with Crippen molar-refractivity contribution in [3.05, 3.63) is 38.4 Å². The van der Waals surface area contributed by atoms with Crippen molar-refractivity contribution in [2.75, 3.05) is 0 Å². The van der Waals surface area contributed by atoms with Crippen LogP contribution in [-0.4, -0.2) is 20.5 Å². The lowest BCUT2D eigenvalue weighted by atomic mass is 9.82. The van der Waals surface area contributed by atoms with Crippen LogP contribution in [0.2, 0.25) is 5.15 Å². The number of aryl methyl sites for hydroxylation is 1. The van der Waals surface area contributed by atoms with Crippen LogP contribution in [0.5, 0.6) is 0 Å². The molecule has 0 aliphatic heterocycles. The fraction of sp³-hybridized carbons (Fsp3) is 0.533. The number of aromatic nitrogens is 3. The van der Waals surface area contributed by atoms with Crippen LogP contribution in [0.25, 0.3) is 5.65 Å². The van der Waals surface area contributed by atoms with E-state index in [0.29, 0.717) is 29.7 Å². The zero-order valence-corrected chi connectivity index (χ0v) is 13.1. The summed E-state index contributed by atoms with van der Waals surface area (Å²) < 4.78 is 27.9. The summed E-state index contributed by atoms with van der Waals surface area (Å²) in [4.78, 5) is 16.8. The highest BCUT2D eigenvalue weighted by molar-refractivity contribution is 6.29. The van der Waals surface area contributed by atoms with Gasteiger partial charge >= 0.3 is 0 Å². The predicted molar refractivity (Wildman–Crippen MR) is 79.9 cm³/mol. The zero-order valence-electron chi connectivity index (χ0n) is 12.4. The standard InChI is InChI=1S/C15H16ClF2N3O/c1-8-9(2)19-13-11(7-12(16)20-21(13)14(8)22)10-3-5-15(17,18)6-4-10/h7,10H,3-6H2,1-2H3. The van der Waals surface area contributed by atoms with Crippen molar-refractivity contribution in [3.63, 3.8) is 0 Å². The molecular formula is C15H16ClF2N3O. The van der Waals surface area contributed by atoms with E-state index >= 15 is 0 Å². The quantitative estimate of drug-likeness (QED) is 0.803. The maximum Gasteiger partial charge on any atom is 0.277 e. The molecule has 0 amide bonds. The van der Waals surface area contributed by atoms with Crippen LogP contribution < -0.4 is 5.56 Å². The van der Waals surface area contributed by atoms with Gasteiger partial charge in [-0.2, -0.15) is 9.61 Å². The molecule has 0 saturated heterocycles. The molecule has 118 valence electrons. The second-order valence-corrected chi connectivity index (χ2v) is 6.30. The molecule has 1 fully saturated rings. The lowest BCUT2D eigenvalue weighted by molar-refractivity contribution is -0.0381. The Morgan fingerprint density at radius 3 is 2.59 bits per heavy atom. The molecule has 1 aliphatic carbocycles. The zero-order chi connectivity index (χ0) is 16.1. The fourth-order valence-corrected chi connectivity index (χ4v) is 3.14. The number of halogens is 3. The minimum atomic E-state index is -2.60. The molecule has 3 rings (SSSR count). The number of hydrogen-bond donors (Lipinski definition) is 0. The Hall–Kier alpha value is -1.56. The van der Waals surface area contributed by atoms with E-state index in [1.165, 1.54) is 4.52 Å². The van der Waals surface area contributed by atoms with Crippen molar-refractivity contribution < 1.29 is 8.78 Å². The van der Waals surface area contributed by atoms with Crippen LogP contribution in [0, 0.1) is 13.8 Å². The summed E-state index contributed by atoms with van der Waals surface area (Å²) in [6, 6.07) is 1.65. The van der Waals surface area contributed by atoms with E-state index < -0.39 is 5.92 Å². The third kappa shape index (κ3) is 2.60. The molecule has 0 bridgehead atoms. The number of nitrogens with zero attached hydrogens (tertiary/aromatic N) is 3. The van der Waals surface area contributed by atoms with Crippen LogP contribution in [0.4, 0.5) is 8.78 Å². The largest absolute Gasteiger partial charge is 0.277 e. The Morgan fingerprint density at radius 2 is 1.95 bits per heavy atom. The average Bonchev–Trinajstić information content (AvgIpc) is 2.45. The van der Waals surface area contributed by atoms with Gasteiger partial charge in [-0.3, -0.25) is 4.79 Å². The van der Waals surface area contributed by atoms with Crippen molar-refractivity contribution in [2.24, 2.45) is 0 Å². The monoisotopic (exact) mass is 327 g/mol. The molecular weight excluding hydrogens is 312 g/mol. The van der Waals surface area contributed by atoms with Gasteiger partial charge in [-0.1, -0.05) is 11.6 Å². The normalized spacial score (nSPS) is 18.8. The summed E-state index contributed by atoms with van der Waals surface area (Å²) in [5.41, 5.74) is 2.01. The van der Waals surface area contributed by atoms with Crippen LogP contribution in [0.15, 0.2) is 10.9 Å². The Labute approximate surface area is 131 Å². The highest BCUT2D eigenvalue weighted by Gasteiger charge is 2.36. The molecule has 0 spiro atoms. The van der Waals surface area contributed by atoms with Crippen molar-refractivity contribution in [1.82, 2.24) is 14.6 Å². The van der Waals surface area contributed by atoms with Crippen LogP contribution in [0.3, 0.4) is 0 Å². The molecule has 2 heterocycles.